The minimum Gasteiger partial charge on any atom is -0.493 e. The van der Waals surface area contributed by atoms with E-state index < -0.39 is 5.91 Å². The predicted molar refractivity (Wildman–Crippen MR) is 99.3 cm³/mol. The Labute approximate surface area is 151 Å². The van der Waals surface area contributed by atoms with Gasteiger partial charge < -0.3 is 4.74 Å². The summed E-state index contributed by atoms with van der Waals surface area (Å²) in [6.07, 6.45) is 0.837. The lowest BCUT2D eigenvalue weighted by Crippen LogP contribution is -2.48. The van der Waals surface area contributed by atoms with Crippen LogP contribution in [0.5, 0.6) is 5.75 Å². The van der Waals surface area contributed by atoms with Crippen molar-refractivity contribution in [2.75, 3.05) is 6.61 Å². The first-order valence-corrected chi connectivity index (χ1v) is 8.21. The molecule has 130 valence electrons. The van der Waals surface area contributed by atoms with E-state index in [1.54, 1.807) is 48.5 Å². The Kier molecular flexibility index (Phi) is 6.91. The monoisotopic (exact) mass is 357 g/mol. The van der Waals surface area contributed by atoms with E-state index in [2.05, 4.69) is 16.2 Å². The lowest BCUT2D eigenvalue weighted by Gasteiger charge is -2.13. The van der Waals surface area contributed by atoms with E-state index in [0.717, 1.165) is 6.42 Å². The first kappa shape index (κ1) is 18.4. The van der Waals surface area contributed by atoms with E-state index in [9.17, 15) is 9.59 Å². The summed E-state index contributed by atoms with van der Waals surface area (Å²) in [6.45, 7) is 2.50. The molecule has 0 unspecified atom stereocenters. The van der Waals surface area contributed by atoms with Crippen molar-refractivity contribution in [3.05, 3.63) is 65.7 Å². The average Bonchev–Trinajstić information content (AvgIpc) is 2.65. The topological polar surface area (TPSA) is 79.5 Å². The van der Waals surface area contributed by atoms with Crippen LogP contribution in [0.25, 0.3) is 0 Å². The number of rotatable bonds is 5. The smallest absolute Gasteiger partial charge is 0.273 e. The summed E-state index contributed by atoms with van der Waals surface area (Å²) in [6, 6.07) is 15.5. The number of benzene rings is 2. The van der Waals surface area contributed by atoms with Gasteiger partial charge in [-0.2, -0.15) is 0 Å². The van der Waals surface area contributed by atoms with E-state index in [-0.39, 0.29) is 11.0 Å². The molecule has 0 radical (unpaired) electrons. The third kappa shape index (κ3) is 5.58. The molecule has 2 amide bonds. The van der Waals surface area contributed by atoms with Crippen LogP contribution < -0.4 is 20.9 Å². The van der Waals surface area contributed by atoms with Gasteiger partial charge in [0.15, 0.2) is 5.11 Å². The molecule has 0 saturated heterocycles. The summed E-state index contributed by atoms with van der Waals surface area (Å²) in [5.74, 6) is -0.287. The van der Waals surface area contributed by atoms with Crippen LogP contribution in [0.4, 0.5) is 0 Å². The summed E-state index contributed by atoms with van der Waals surface area (Å²) in [5.41, 5.74) is 5.80. The Balaban J connectivity index is 1.89. The second-order valence-electron chi connectivity index (χ2n) is 5.07. The van der Waals surface area contributed by atoms with Crippen molar-refractivity contribution >= 4 is 29.1 Å². The fourth-order valence-corrected chi connectivity index (χ4v) is 2.11. The number of thiocarbonyl (C=S) groups is 1. The molecule has 2 aromatic carbocycles. The van der Waals surface area contributed by atoms with E-state index in [1.807, 2.05) is 13.0 Å². The fraction of sp³-hybridized carbons (Fsp3) is 0.167. The highest BCUT2D eigenvalue weighted by molar-refractivity contribution is 7.80. The van der Waals surface area contributed by atoms with Crippen LogP contribution in [-0.2, 0) is 0 Å². The van der Waals surface area contributed by atoms with Crippen LogP contribution in [-0.4, -0.2) is 23.5 Å². The fourth-order valence-electron chi connectivity index (χ4n) is 1.97. The van der Waals surface area contributed by atoms with Gasteiger partial charge in [-0.05, 0) is 42.9 Å². The van der Waals surface area contributed by atoms with Crippen molar-refractivity contribution in [3.8, 4) is 5.75 Å². The molecule has 2 aromatic rings. The van der Waals surface area contributed by atoms with Gasteiger partial charge in [0.25, 0.3) is 11.8 Å². The Bertz CT molecular complexity index is 750. The number of hydrogen-bond acceptors (Lipinski definition) is 4. The molecular formula is C18H19N3O3S. The summed E-state index contributed by atoms with van der Waals surface area (Å²) in [5, 5.41) is 2.48. The molecule has 0 fully saturated rings. The zero-order valence-corrected chi connectivity index (χ0v) is 14.6. The first-order chi connectivity index (χ1) is 12.1. The number of nitrogens with one attached hydrogen (secondary N) is 3. The normalized spacial score (nSPS) is 9.80. The Hall–Kier alpha value is -2.93. The Morgan fingerprint density at radius 1 is 0.960 bits per heavy atom. The number of amides is 2. The molecular weight excluding hydrogens is 338 g/mol. The van der Waals surface area contributed by atoms with E-state index >= 15 is 0 Å². The molecule has 0 aliphatic carbocycles. The second kappa shape index (κ2) is 9.39. The van der Waals surface area contributed by atoms with E-state index in [1.165, 1.54) is 0 Å². The van der Waals surface area contributed by atoms with Crippen LogP contribution in [0.15, 0.2) is 54.6 Å². The van der Waals surface area contributed by atoms with Gasteiger partial charge in [-0.25, -0.2) is 0 Å². The SMILES string of the molecule is CCCOc1ccccc1C(=O)NNC(=S)NC(=O)c1ccccc1. The molecule has 0 atom stereocenters. The summed E-state index contributed by atoms with van der Waals surface area (Å²) < 4.78 is 5.55. The maximum atomic E-state index is 12.3. The molecule has 0 saturated carbocycles. The second-order valence-corrected chi connectivity index (χ2v) is 5.48. The van der Waals surface area contributed by atoms with E-state index in [4.69, 9.17) is 17.0 Å². The number of hydrazine groups is 1. The van der Waals surface area contributed by atoms with Gasteiger partial charge in [-0.3, -0.25) is 25.8 Å². The molecule has 2 rings (SSSR count). The molecule has 0 bridgehead atoms. The minimum absolute atomic E-state index is 0.00541. The molecule has 7 heteroatoms. The van der Waals surface area contributed by atoms with Crippen molar-refractivity contribution in [1.82, 2.24) is 16.2 Å². The highest BCUT2D eigenvalue weighted by Gasteiger charge is 2.13. The zero-order chi connectivity index (χ0) is 18.1. The minimum atomic E-state index is -0.414. The van der Waals surface area contributed by atoms with Crippen molar-refractivity contribution in [2.24, 2.45) is 0 Å². The Morgan fingerprint density at radius 2 is 1.64 bits per heavy atom. The number of carbonyl (C=O) groups excluding carboxylic acids is 2. The molecule has 6 nitrogen and oxygen atoms in total. The third-order valence-corrected chi connectivity index (χ3v) is 3.35. The molecule has 0 aromatic heterocycles. The lowest BCUT2D eigenvalue weighted by molar-refractivity contribution is 0.0931. The average molecular weight is 357 g/mol. The Morgan fingerprint density at radius 3 is 2.36 bits per heavy atom. The molecule has 0 spiro atoms. The van der Waals surface area contributed by atoms with Gasteiger partial charge in [0.2, 0.25) is 0 Å². The quantitative estimate of drug-likeness (QED) is 0.566. The largest absolute Gasteiger partial charge is 0.493 e. The first-order valence-electron chi connectivity index (χ1n) is 7.80. The van der Waals surface area contributed by atoms with Crippen LogP contribution in [0.1, 0.15) is 34.1 Å². The number of hydrogen-bond donors (Lipinski definition) is 3. The predicted octanol–water partition coefficient (Wildman–Crippen LogP) is 2.42. The molecule has 25 heavy (non-hydrogen) atoms. The summed E-state index contributed by atoms with van der Waals surface area (Å²) in [4.78, 5) is 24.2. The van der Waals surface area contributed by atoms with Crippen molar-refractivity contribution < 1.29 is 14.3 Å². The molecule has 0 aliphatic heterocycles. The number of para-hydroxylation sites is 1. The number of carbonyl (C=O) groups is 2. The maximum absolute atomic E-state index is 12.3. The third-order valence-electron chi connectivity index (χ3n) is 3.15. The summed E-state index contributed by atoms with van der Waals surface area (Å²) in [7, 11) is 0. The molecule has 0 heterocycles. The van der Waals surface area contributed by atoms with Crippen LogP contribution in [0.2, 0.25) is 0 Å². The van der Waals surface area contributed by atoms with Gasteiger partial charge in [-0.1, -0.05) is 37.3 Å². The van der Waals surface area contributed by atoms with Gasteiger partial charge >= 0.3 is 0 Å². The molecule has 0 aliphatic rings. The van der Waals surface area contributed by atoms with Crippen molar-refractivity contribution in [1.29, 1.82) is 0 Å². The van der Waals surface area contributed by atoms with Gasteiger partial charge in [0, 0.05) is 5.56 Å². The molecule has 3 N–H and O–H groups in total. The van der Waals surface area contributed by atoms with Crippen molar-refractivity contribution in [3.63, 3.8) is 0 Å². The van der Waals surface area contributed by atoms with Gasteiger partial charge in [-0.15, -0.1) is 0 Å². The van der Waals surface area contributed by atoms with Crippen LogP contribution in [0.3, 0.4) is 0 Å². The zero-order valence-electron chi connectivity index (χ0n) is 13.7. The van der Waals surface area contributed by atoms with E-state index in [0.29, 0.717) is 23.5 Å². The number of ether oxygens (including phenoxy) is 1. The standard InChI is InChI=1S/C18H19N3O3S/c1-2-12-24-15-11-7-6-10-14(15)17(23)20-21-18(25)19-16(22)13-8-4-3-5-9-13/h3-11H,2,12H2,1H3,(H,20,23)(H2,19,21,22,25). The van der Waals surface area contributed by atoms with Gasteiger partial charge in [0.05, 0.1) is 12.2 Å². The maximum Gasteiger partial charge on any atom is 0.273 e. The summed E-state index contributed by atoms with van der Waals surface area (Å²) >= 11 is 5.01. The van der Waals surface area contributed by atoms with Gasteiger partial charge in [0.1, 0.15) is 5.75 Å². The van der Waals surface area contributed by atoms with Crippen LogP contribution >= 0.6 is 12.2 Å². The highest BCUT2D eigenvalue weighted by Crippen LogP contribution is 2.17. The van der Waals surface area contributed by atoms with Crippen molar-refractivity contribution in [2.45, 2.75) is 13.3 Å². The highest BCUT2D eigenvalue weighted by atomic mass is 32.1. The van der Waals surface area contributed by atoms with Crippen LogP contribution in [0, 0.1) is 0 Å². The lowest BCUT2D eigenvalue weighted by atomic mass is 10.2.